The van der Waals surface area contributed by atoms with E-state index in [1.165, 1.54) is 16.7 Å². The molecule has 3 amide bonds. The van der Waals surface area contributed by atoms with Gasteiger partial charge in [-0.3, -0.25) is 24.6 Å². The number of benzene rings is 2. The van der Waals surface area contributed by atoms with Crippen molar-refractivity contribution >= 4 is 17.7 Å². The minimum absolute atomic E-state index is 0.0464. The second-order valence-corrected chi connectivity index (χ2v) is 12.5. The molecule has 7 rings (SSSR count). The first-order valence-corrected chi connectivity index (χ1v) is 14.2. The van der Waals surface area contributed by atoms with Gasteiger partial charge in [0.1, 0.15) is 23.1 Å². The first-order chi connectivity index (χ1) is 18.7. The second kappa shape index (κ2) is 8.81. The highest BCUT2D eigenvalue weighted by Gasteiger charge is 2.46. The Balaban J connectivity index is 1.06. The number of amides is 3. The maximum Gasteiger partial charge on any atom is 0.255 e. The molecular formula is C31H35N3O5. The summed E-state index contributed by atoms with van der Waals surface area (Å²) in [5.41, 5.74) is 5.34. The summed E-state index contributed by atoms with van der Waals surface area (Å²) in [7, 11) is 0. The van der Waals surface area contributed by atoms with Crippen molar-refractivity contribution in [3.8, 4) is 11.5 Å². The molecule has 1 spiro atoms. The molecule has 2 fully saturated rings. The van der Waals surface area contributed by atoms with Gasteiger partial charge in [-0.05, 0) is 93.9 Å². The minimum Gasteiger partial charge on any atom is -0.492 e. The summed E-state index contributed by atoms with van der Waals surface area (Å²) in [5.74, 6) is 1.03. The Labute approximate surface area is 228 Å². The molecule has 0 bridgehead atoms. The summed E-state index contributed by atoms with van der Waals surface area (Å²) in [5, 5.41) is 2.38. The van der Waals surface area contributed by atoms with Crippen LogP contribution in [0.2, 0.25) is 0 Å². The third kappa shape index (κ3) is 4.11. The predicted molar refractivity (Wildman–Crippen MR) is 144 cm³/mol. The smallest absolute Gasteiger partial charge is 0.255 e. The number of ether oxygens (including phenoxy) is 2. The summed E-state index contributed by atoms with van der Waals surface area (Å²) in [4.78, 5) is 41.4. The molecule has 5 heterocycles. The molecule has 1 unspecified atom stereocenters. The third-order valence-corrected chi connectivity index (χ3v) is 9.50. The van der Waals surface area contributed by atoms with E-state index in [2.05, 4.69) is 48.3 Å². The Morgan fingerprint density at radius 2 is 1.85 bits per heavy atom. The number of rotatable bonds is 3. The van der Waals surface area contributed by atoms with Gasteiger partial charge in [-0.2, -0.15) is 0 Å². The molecule has 2 aromatic carbocycles. The monoisotopic (exact) mass is 529 g/mol. The number of likely N-dealkylation sites (tertiary alicyclic amines) is 1. The van der Waals surface area contributed by atoms with Gasteiger partial charge in [-0.25, -0.2) is 0 Å². The van der Waals surface area contributed by atoms with Crippen molar-refractivity contribution in [1.82, 2.24) is 15.1 Å². The molecule has 0 radical (unpaired) electrons. The maximum absolute atomic E-state index is 13.2. The Bertz CT molecular complexity index is 1390. The molecule has 0 saturated carbocycles. The van der Waals surface area contributed by atoms with Crippen molar-refractivity contribution in [3.63, 3.8) is 0 Å². The Morgan fingerprint density at radius 1 is 1.03 bits per heavy atom. The van der Waals surface area contributed by atoms with E-state index >= 15 is 0 Å². The van der Waals surface area contributed by atoms with Crippen LogP contribution in [0.3, 0.4) is 0 Å². The highest BCUT2D eigenvalue weighted by Crippen LogP contribution is 2.48. The quantitative estimate of drug-likeness (QED) is 0.613. The topological polar surface area (TPSA) is 88.2 Å². The van der Waals surface area contributed by atoms with Gasteiger partial charge in [0.05, 0.1) is 6.61 Å². The van der Waals surface area contributed by atoms with E-state index in [1.54, 1.807) is 4.90 Å². The van der Waals surface area contributed by atoms with Crippen LogP contribution >= 0.6 is 0 Å². The fourth-order valence-electron chi connectivity index (χ4n) is 7.13. The zero-order chi connectivity index (χ0) is 26.9. The highest BCUT2D eigenvalue weighted by atomic mass is 16.5. The number of imide groups is 1. The number of nitrogens with zero attached hydrogens (tertiary/aromatic N) is 2. The fraction of sp³-hybridized carbons (Fsp3) is 0.516. The van der Waals surface area contributed by atoms with E-state index in [-0.39, 0.29) is 35.2 Å². The summed E-state index contributed by atoms with van der Waals surface area (Å²) in [6.07, 6.45) is 4.71. The van der Waals surface area contributed by atoms with Crippen LogP contribution in [-0.4, -0.2) is 58.9 Å². The maximum atomic E-state index is 13.2. The van der Waals surface area contributed by atoms with Gasteiger partial charge >= 0.3 is 0 Å². The molecule has 8 heteroatoms. The summed E-state index contributed by atoms with van der Waals surface area (Å²) >= 11 is 0. The van der Waals surface area contributed by atoms with Crippen molar-refractivity contribution in [3.05, 3.63) is 58.1 Å². The molecule has 1 N–H and O–H groups in total. The van der Waals surface area contributed by atoms with Gasteiger partial charge in [-0.15, -0.1) is 0 Å². The number of hydrogen-bond acceptors (Lipinski definition) is 6. The molecule has 1 atom stereocenters. The minimum atomic E-state index is -0.601. The lowest BCUT2D eigenvalue weighted by Crippen LogP contribution is -2.52. The van der Waals surface area contributed by atoms with E-state index in [9.17, 15) is 14.4 Å². The number of piperidine rings is 2. The Morgan fingerprint density at radius 3 is 2.64 bits per heavy atom. The van der Waals surface area contributed by atoms with Gasteiger partial charge in [0, 0.05) is 36.1 Å². The molecular weight excluding hydrogens is 494 g/mol. The SMILES string of the molecule is CC1(C)CCc2c(CN3CCC4(CC3)COc3cc5c(cc34)CN(C3CCC(=O)NC3=O)C5=O)cccc2O1. The van der Waals surface area contributed by atoms with E-state index < -0.39 is 6.04 Å². The molecule has 2 saturated heterocycles. The normalized spacial score (nSPS) is 25.0. The van der Waals surface area contributed by atoms with Crippen molar-refractivity contribution < 1.29 is 23.9 Å². The molecule has 5 aliphatic rings. The number of nitrogens with one attached hydrogen (secondary N) is 1. The molecule has 2 aromatic rings. The van der Waals surface area contributed by atoms with E-state index in [0.717, 1.165) is 62.4 Å². The average molecular weight is 530 g/mol. The van der Waals surface area contributed by atoms with Crippen LogP contribution < -0.4 is 14.8 Å². The number of carbonyl (C=O) groups excluding carboxylic acids is 3. The zero-order valence-electron chi connectivity index (χ0n) is 22.7. The molecule has 5 aliphatic heterocycles. The predicted octanol–water partition coefficient (Wildman–Crippen LogP) is 3.48. The average Bonchev–Trinajstić information content (AvgIpc) is 3.41. The van der Waals surface area contributed by atoms with Crippen molar-refractivity contribution in [1.29, 1.82) is 0 Å². The van der Waals surface area contributed by atoms with E-state index in [0.29, 0.717) is 25.1 Å². The van der Waals surface area contributed by atoms with Crippen molar-refractivity contribution in [2.24, 2.45) is 0 Å². The Hall–Kier alpha value is -3.39. The van der Waals surface area contributed by atoms with Crippen LogP contribution in [0.15, 0.2) is 30.3 Å². The lowest BCUT2D eigenvalue weighted by atomic mass is 9.73. The molecule has 39 heavy (non-hydrogen) atoms. The van der Waals surface area contributed by atoms with Crippen LogP contribution in [-0.2, 0) is 34.5 Å². The highest BCUT2D eigenvalue weighted by molar-refractivity contribution is 6.05. The summed E-state index contributed by atoms with van der Waals surface area (Å²) in [6.45, 7) is 8.25. The zero-order valence-corrected chi connectivity index (χ0v) is 22.7. The van der Waals surface area contributed by atoms with Gasteiger partial charge in [0.25, 0.3) is 5.91 Å². The second-order valence-electron chi connectivity index (χ2n) is 12.5. The third-order valence-electron chi connectivity index (χ3n) is 9.50. The van der Waals surface area contributed by atoms with Crippen LogP contribution in [0.5, 0.6) is 11.5 Å². The number of carbonyl (C=O) groups is 3. The van der Waals surface area contributed by atoms with Gasteiger partial charge < -0.3 is 14.4 Å². The lowest BCUT2D eigenvalue weighted by Gasteiger charge is -2.39. The van der Waals surface area contributed by atoms with Gasteiger partial charge in [0.2, 0.25) is 11.8 Å². The van der Waals surface area contributed by atoms with E-state index in [1.807, 2.05) is 6.07 Å². The lowest BCUT2D eigenvalue weighted by molar-refractivity contribution is -0.136. The fourth-order valence-corrected chi connectivity index (χ4v) is 7.13. The standard InChI is InChI=1S/C31H35N3O5/c1-30(2)9-8-21-19(4-3-5-25(21)39-30)16-33-12-10-31(11-13-33)18-38-26-15-22-20(14-23(26)31)17-34(29(22)37)24-6-7-27(35)32-28(24)36/h3-5,14-15,24H,6-13,16-18H2,1-2H3,(H,32,35,36). The van der Waals surface area contributed by atoms with Crippen LogP contribution in [0.1, 0.15) is 78.6 Å². The number of fused-ring (bicyclic) bond motifs is 4. The van der Waals surface area contributed by atoms with Crippen LogP contribution in [0.25, 0.3) is 0 Å². The first-order valence-electron chi connectivity index (χ1n) is 14.2. The molecule has 204 valence electrons. The molecule has 0 aromatic heterocycles. The molecule has 8 nitrogen and oxygen atoms in total. The first kappa shape index (κ1) is 24.6. The van der Waals surface area contributed by atoms with Crippen molar-refractivity contribution in [2.45, 2.75) is 82.5 Å². The van der Waals surface area contributed by atoms with Crippen LogP contribution in [0.4, 0.5) is 0 Å². The van der Waals surface area contributed by atoms with Gasteiger partial charge in [-0.1, -0.05) is 12.1 Å². The summed E-state index contributed by atoms with van der Waals surface area (Å²) in [6, 6.07) is 9.90. The van der Waals surface area contributed by atoms with E-state index in [4.69, 9.17) is 9.47 Å². The molecule has 0 aliphatic carbocycles. The van der Waals surface area contributed by atoms with Crippen molar-refractivity contribution in [2.75, 3.05) is 19.7 Å². The van der Waals surface area contributed by atoms with Crippen LogP contribution in [0, 0.1) is 0 Å². The summed E-state index contributed by atoms with van der Waals surface area (Å²) < 4.78 is 12.5. The largest absolute Gasteiger partial charge is 0.492 e. The van der Waals surface area contributed by atoms with Gasteiger partial charge in [0.15, 0.2) is 0 Å². The Kier molecular flexibility index (Phi) is 5.57. The number of hydrogen-bond donors (Lipinski definition) is 1.